The summed E-state index contributed by atoms with van der Waals surface area (Å²) in [4.78, 5) is 63.9. The monoisotopic (exact) mass is 915 g/mol. The number of anilines is 3. The zero-order valence-electron chi connectivity index (χ0n) is 36.4. The highest BCUT2D eigenvalue weighted by atomic mass is 16.5. The number of hydrogen-bond acceptors (Lipinski definition) is 12. The number of amides is 4. The van der Waals surface area contributed by atoms with Crippen molar-refractivity contribution < 1.29 is 58.3 Å². The van der Waals surface area contributed by atoms with Gasteiger partial charge in [-0.3, -0.25) is 19.2 Å². The number of hydrogen-bond donors (Lipinski definition) is 8. The first-order valence-electron chi connectivity index (χ1n) is 20.5. The number of aromatic hydroxyl groups is 3. The van der Waals surface area contributed by atoms with Gasteiger partial charge in [-0.1, -0.05) is 36.4 Å². The minimum absolute atomic E-state index is 0.0424. The second-order valence-electron chi connectivity index (χ2n) is 15.1. The average molecular weight is 916 g/mol. The number of carboxylic acids is 1. The second-order valence-corrected chi connectivity index (χ2v) is 15.1. The number of rotatable bonds is 15. The standard InChI is InChI=1S/C51H41N5O12/c1-27(24-28-4-16-35(57)17-5-28)47(60)53-33-14-10-30(11-15-33)48(61)56-40(22-23-52)50(63)54-34-12-8-29(9-13-34)31-6-7-32-26-42(68-41(32)25-31)36-18-19-37(43(58)45(36)66-2)49(62)55-39-21-20-38(51(64)65)44(59)46(39)67-3/h4-21,24-26,40,57-59H,22H2,1-3H3,(H,53,60)(H,54,63)(H,55,62)(H,56,61)(H,64,65)/b27-24+/t40-/m0/s1. The zero-order valence-corrected chi connectivity index (χ0v) is 36.4. The number of ether oxygens (including phenoxy) is 2. The molecule has 0 bridgehead atoms. The van der Waals surface area contributed by atoms with E-state index in [9.17, 15) is 49.7 Å². The minimum Gasteiger partial charge on any atom is -0.508 e. The number of carboxylic acid groups (broad SMARTS) is 1. The van der Waals surface area contributed by atoms with Gasteiger partial charge >= 0.3 is 5.97 Å². The normalized spacial score (nSPS) is 11.5. The van der Waals surface area contributed by atoms with Crippen molar-refractivity contribution in [3.05, 3.63) is 149 Å². The van der Waals surface area contributed by atoms with Crippen LogP contribution in [0.5, 0.6) is 28.7 Å². The van der Waals surface area contributed by atoms with Crippen molar-refractivity contribution in [2.24, 2.45) is 0 Å². The van der Waals surface area contributed by atoms with Gasteiger partial charge < -0.3 is 55.6 Å². The van der Waals surface area contributed by atoms with Gasteiger partial charge in [-0.05, 0) is 115 Å². The van der Waals surface area contributed by atoms with Gasteiger partial charge in [-0.2, -0.15) is 5.26 Å². The number of phenols is 3. The molecule has 0 fully saturated rings. The Morgan fingerprint density at radius 3 is 2.00 bits per heavy atom. The van der Waals surface area contributed by atoms with Gasteiger partial charge in [0, 0.05) is 27.9 Å². The van der Waals surface area contributed by atoms with Crippen molar-refractivity contribution in [3.8, 4) is 57.3 Å². The van der Waals surface area contributed by atoms with Crippen LogP contribution in [0.1, 0.15) is 50.0 Å². The Labute approximate surface area is 387 Å². The third-order valence-corrected chi connectivity index (χ3v) is 10.6. The highest BCUT2D eigenvalue weighted by molar-refractivity contribution is 6.09. The highest BCUT2D eigenvalue weighted by Gasteiger charge is 2.25. The lowest BCUT2D eigenvalue weighted by molar-refractivity contribution is -0.118. The molecule has 0 aliphatic carbocycles. The van der Waals surface area contributed by atoms with Crippen LogP contribution in [-0.2, 0) is 9.59 Å². The number of nitriles is 1. The molecule has 342 valence electrons. The number of furan rings is 1. The molecule has 0 saturated heterocycles. The smallest absolute Gasteiger partial charge is 0.339 e. The van der Waals surface area contributed by atoms with Crippen LogP contribution in [0, 0.1) is 11.3 Å². The Bertz CT molecular complexity index is 3170. The summed E-state index contributed by atoms with van der Waals surface area (Å²) in [5, 5.41) is 61.1. The molecule has 7 aromatic rings. The molecule has 4 amide bonds. The first-order chi connectivity index (χ1) is 32.7. The summed E-state index contributed by atoms with van der Waals surface area (Å²) in [6.45, 7) is 1.64. The summed E-state index contributed by atoms with van der Waals surface area (Å²) in [5.74, 6) is -4.90. The third kappa shape index (κ3) is 10.2. The summed E-state index contributed by atoms with van der Waals surface area (Å²) in [5.41, 5.74) is 3.85. The molecule has 1 aromatic heterocycles. The third-order valence-electron chi connectivity index (χ3n) is 10.6. The molecule has 1 atom stereocenters. The van der Waals surface area contributed by atoms with Crippen molar-refractivity contribution in [2.45, 2.75) is 19.4 Å². The van der Waals surface area contributed by atoms with Crippen LogP contribution in [-0.4, -0.2) is 70.3 Å². The van der Waals surface area contributed by atoms with Gasteiger partial charge in [-0.15, -0.1) is 0 Å². The van der Waals surface area contributed by atoms with Crippen LogP contribution in [0.2, 0.25) is 0 Å². The quantitative estimate of drug-likeness (QED) is 0.0449. The minimum atomic E-state index is -1.40. The van der Waals surface area contributed by atoms with E-state index in [0.717, 1.165) is 22.8 Å². The number of methoxy groups -OCH3 is 2. The van der Waals surface area contributed by atoms with Crippen LogP contribution < -0.4 is 30.7 Å². The number of fused-ring (bicyclic) bond motifs is 1. The predicted molar refractivity (Wildman–Crippen MR) is 252 cm³/mol. The molecule has 0 unspecified atom stereocenters. The maximum atomic E-state index is 13.3. The number of nitrogens with one attached hydrogen (secondary N) is 4. The van der Waals surface area contributed by atoms with E-state index >= 15 is 0 Å². The van der Waals surface area contributed by atoms with Crippen molar-refractivity contribution >= 4 is 63.7 Å². The van der Waals surface area contributed by atoms with E-state index in [1.165, 1.54) is 56.7 Å². The number of nitrogens with zero attached hydrogens (tertiary/aromatic N) is 1. The molecule has 8 N–H and O–H groups in total. The molecular formula is C51H41N5O12. The van der Waals surface area contributed by atoms with Gasteiger partial charge in [0.2, 0.25) is 5.91 Å². The number of aromatic carboxylic acids is 1. The molecule has 6 aromatic carbocycles. The number of carbonyl (C=O) groups excluding carboxylic acids is 4. The lowest BCUT2D eigenvalue weighted by Crippen LogP contribution is -2.43. The second kappa shape index (κ2) is 20.1. The number of benzene rings is 6. The van der Waals surface area contributed by atoms with Crippen LogP contribution in [0.25, 0.3) is 39.5 Å². The van der Waals surface area contributed by atoms with E-state index in [1.807, 2.05) is 18.2 Å². The fourth-order valence-corrected chi connectivity index (χ4v) is 7.08. The molecule has 17 heteroatoms. The largest absolute Gasteiger partial charge is 0.508 e. The number of carbonyl (C=O) groups is 5. The summed E-state index contributed by atoms with van der Waals surface area (Å²) in [6.07, 6.45) is 1.36. The van der Waals surface area contributed by atoms with Gasteiger partial charge in [0.15, 0.2) is 23.0 Å². The Morgan fingerprint density at radius 1 is 0.706 bits per heavy atom. The molecule has 0 aliphatic rings. The number of phenolic OH excluding ortho intramolecular Hbond substituents is 2. The maximum absolute atomic E-state index is 13.3. The molecular weight excluding hydrogens is 875 g/mol. The van der Waals surface area contributed by atoms with E-state index in [1.54, 1.807) is 73.7 Å². The van der Waals surface area contributed by atoms with Gasteiger partial charge in [0.05, 0.1) is 43.5 Å². The van der Waals surface area contributed by atoms with E-state index in [4.69, 9.17) is 13.9 Å². The summed E-state index contributed by atoms with van der Waals surface area (Å²) in [6, 6.07) is 32.5. The average Bonchev–Trinajstić information content (AvgIpc) is 3.76. The van der Waals surface area contributed by atoms with Crippen LogP contribution in [0.3, 0.4) is 0 Å². The van der Waals surface area contributed by atoms with Gasteiger partial charge in [-0.25, -0.2) is 4.79 Å². The van der Waals surface area contributed by atoms with E-state index in [2.05, 4.69) is 21.3 Å². The molecule has 68 heavy (non-hydrogen) atoms. The van der Waals surface area contributed by atoms with E-state index in [0.29, 0.717) is 39.2 Å². The van der Waals surface area contributed by atoms with Crippen molar-refractivity contribution in [1.29, 1.82) is 5.26 Å². The molecule has 1 heterocycles. The Balaban J connectivity index is 0.988. The summed E-state index contributed by atoms with van der Waals surface area (Å²) >= 11 is 0. The van der Waals surface area contributed by atoms with E-state index in [-0.39, 0.29) is 46.4 Å². The molecule has 7 rings (SSSR count). The summed E-state index contributed by atoms with van der Waals surface area (Å²) < 4.78 is 16.8. The predicted octanol–water partition coefficient (Wildman–Crippen LogP) is 8.54. The Kier molecular flexibility index (Phi) is 13.7. The van der Waals surface area contributed by atoms with Crippen molar-refractivity contribution in [2.75, 3.05) is 30.2 Å². The highest BCUT2D eigenvalue weighted by Crippen LogP contribution is 2.43. The molecule has 0 spiro atoms. The van der Waals surface area contributed by atoms with Crippen LogP contribution in [0.15, 0.2) is 131 Å². The summed E-state index contributed by atoms with van der Waals surface area (Å²) in [7, 11) is 2.51. The fourth-order valence-electron chi connectivity index (χ4n) is 7.08. The Morgan fingerprint density at radius 2 is 1.34 bits per heavy atom. The topological polar surface area (TPSA) is 270 Å². The first kappa shape index (κ1) is 46.4. The lowest BCUT2D eigenvalue weighted by atomic mass is 10.0. The van der Waals surface area contributed by atoms with Crippen LogP contribution >= 0.6 is 0 Å². The fraction of sp³-hybridized carbons (Fsp3) is 0.0980. The van der Waals surface area contributed by atoms with Crippen molar-refractivity contribution in [3.63, 3.8) is 0 Å². The van der Waals surface area contributed by atoms with Crippen LogP contribution in [0.4, 0.5) is 17.1 Å². The molecule has 0 radical (unpaired) electrons. The lowest BCUT2D eigenvalue weighted by Gasteiger charge is -2.16. The molecule has 17 nitrogen and oxygen atoms in total. The molecule has 0 saturated carbocycles. The van der Waals surface area contributed by atoms with Gasteiger partial charge in [0.25, 0.3) is 17.7 Å². The molecule has 0 aliphatic heterocycles. The first-order valence-corrected chi connectivity index (χ1v) is 20.5. The van der Waals surface area contributed by atoms with Gasteiger partial charge in [0.1, 0.15) is 28.7 Å². The Hall–Kier alpha value is -9.56. The van der Waals surface area contributed by atoms with E-state index < -0.39 is 46.8 Å². The SMILES string of the molecule is COc1c(NC(=O)c2ccc(-c3cc4ccc(-c5ccc(NC(=O)[C@H](CC#N)NC(=O)c6ccc(NC(=O)/C(C)=C/c7ccc(O)cc7)cc6)cc5)cc4o3)c(OC)c2O)ccc(C(=O)O)c1O. The zero-order chi connectivity index (χ0) is 48.6. The van der Waals surface area contributed by atoms with Crippen molar-refractivity contribution in [1.82, 2.24) is 5.32 Å². The maximum Gasteiger partial charge on any atom is 0.339 e.